The molecule has 10 heteroatoms. The van der Waals surface area contributed by atoms with Crippen LogP contribution in [0.3, 0.4) is 0 Å². The average molecular weight is 496 g/mol. The van der Waals surface area contributed by atoms with E-state index in [-0.39, 0.29) is 18.5 Å². The maximum atomic E-state index is 13.4. The molecule has 0 aliphatic rings. The number of nitrogens with zero attached hydrogens (tertiary/aromatic N) is 2. The summed E-state index contributed by atoms with van der Waals surface area (Å²) in [5.74, 6) is -0.185. The van der Waals surface area contributed by atoms with Gasteiger partial charge in [-0.1, -0.05) is 23.7 Å². The smallest absolute Gasteiger partial charge is 0.244 e. The minimum absolute atomic E-state index is 0.112. The maximum Gasteiger partial charge on any atom is 0.244 e. The fourth-order valence-corrected chi connectivity index (χ4v) is 4.11. The topological polar surface area (TPSA) is 96.0 Å². The Kier molecular flexibility index (Phi) is 9.13. The van der Waals surface area contributed by atoms with E-state index in [4.69, 9.17) is 16.3 Å². The number of amides is 2. The molecule has 2 aromatic carbocycles. The third kappa shape index (κ3) is 7.64. The van der Waals surface area contributed by atoms with Crippen LogP contribution >= 0.6 is 11.6 Å². The van der Waals surface area contributed by atoms with E-state index in [1.165, 1.54) is 17.0 Å². The lowest BCUT2D eigenvalue weighted by atomic mass is 10.1. The molecule has 0 fully saturated rings. The van der Waals surface area contributed by atoms with Crippen molar-refractivity contribution in [1.29, 1.82) is 0 Å². The number of methoxy groups -OCH3 is 1. The van der Waals surface area contributed by atoms with Crippen LogP contribution in [0.15, 0.2) is 48.5 Å². The molecule has 8 nitrogen and oxygen atoms in total. The zero-order valence-corrected chi connectivity index (χ0v) is 21.0. The van der Waals surface area contributed by atoms with Crippen LogP contribution in [-0.2, 0) is 26.2 Å². The SMILES string of the molecule is COc1ccc(CN(C(=O)CN(c2ccc(Cl)cc2)S(C)(=O)=O)[C@H](C)C(=O)NC(C)C)cc1. The second kappa shape index (κ2) is 11.4. The van der Waals surface area contributed by atoms with E-state index < -0.39 is 28.5 Å². The number of carbonyl (C=O) groups excluding carboxylic acids is 2. The summed E-state index contributed by atoms with van der Waals surface area (Å²) in [6.45, 7) is 4.92. The van der Waals surface area contributed by atoms with Crippen LogP contribution in [0.2, 0.25) is 5.02 Å². The highest BCUT2D eigenvalue weighted by molar-refractivity contribution is 7.92. The predicted octanol–water partition coefficient (Wildman–Crippen LogP) is 3.06. The lowest BCUT2D eigenvalue weighted by Gasteiger charge is -2.32. The van der Waals surface area contributed by atoms with Crippen molar-refractivity contribution in [1.82, 2.24) is 10.2 Å². The molecule has 0 aliphatic carbocycles. The van der Waals surface area contributed by atoms with Gasteiger partial charge in [0.15, 0.2) is 0 Å². The highest BCUT2D eigenvalue weighted by atomic mass is 35.5. The Hall–Kier alpha value is -2.78. The van der Waals surface area contributed by atoms with Crippen LogP contribution in [-0.4, -0.2) is 57.1 Å². The molecule has 0 radical (unpaired) electrons. The first-order chi connectivity index (χ1) is 15.4. The van der Waals surface area contributed by atoms with Crippen molar-refractivity contribution in [3.63, 3.8) is 0 Å². The number of carbonyl (C=O) groups is 2. The Balaban J connectivity index is 2.36. The van der Waals surface area contributed by atoms with Gasteiger partial charge in [0.2, 0.25) is 21.8 Å². The van der Waals surface area contributed by atoms with Crippen LogP contribution in [0.4, 0.5) is 5.69 Å². The number of anilines is 1. The number of benzene rings is 2. The highest BCUT2D eigenvalue weighted by Gasteiger charge is 2.30. The summed E-state index contributed by atoms with van der Waals surface area (Å²) in [7, 11) is -2.23. The summed E-state index contributed by atoms with van der Waals surface area (Å²) in [4.78, 5) is 27.5. The van der Waals surface area contributed by atoms with E-state index >= 15 is 0 Å². The molecule has 0 heterocycles. The molecular weight excluding hydrogens is 466 g/mol. The van der Waals surface area contributed by atoms with Crippen LogP contribution in [0.25, 0.3) is 0 Å². The normalized spacial score (nSPS) is 12.2. The number of hydrogen-bond acceptors (Lipinski definition) is 5. The van der Waals surface area contributed by atoms with Crippen LogP contribution < -0.4 is 14.4 Å². The monoisotopic (exact) mass is 495 g/mol. The number of nitrogens with one attached hydrogen (secondary N) is 1. The van der Waals surface area contributed by atoms with Gasteiger partial charge in [-0.2, -0.15) is 0 Å². The third-order valence-corrected chi connectivity index (χ3v) is 6.30. The van der Waals surface area contributed by atoms with E-state index in [0.717, 1.165) is 16.1 Å². The lowest BCUT2D eigenvalue weighted by molar-refractivity contribution is -0.139. The molecule has 2 aromatic rings. The Bertz CT molecular complexity index is 1060. The Labute approximate surface area is 200 Å². The molecule has 0 unspecified atom stereocenters. The lowest BCUT2D eigenvalue weighted by Crippen LogP contribution is -2.52. The molecule has 180 valence electrons. The number of hydrogen-bond donors (Lipinski definition) is 1. The maximum absolute atomic E-state index is 13.4. The first kappa shape index (κ1) is 26.5. The summed E-state index contributed by atoms with van der Waals surface area (Å²) < 4.78 is 31.1. The molecule has 1 atom stereocenters. The molecule has 33 heavy (non-hydrogen) atoms. The van der Waals surface area contributed by atoms with Gasteiger partial charge in [-0.25, -0.2) is 8.42 Å². The Morgan fingerprint density at radius 3 is 2.09 bits per heavy atom. The minimum atomic E-state index is -3.78. The summed E-state index contributed by atoms with van der Waals surface area (Å²) >= 11 is 5.92. The van der Waals surface area contributed by atoms with Crippen molar-refractivity contribution in [2.24, 2.45) is 0 Å². The summed E-state index contributed by atoms with van der Waals surface area (Å²) in [6.07, 6.45) is 1.03. The molecule has 1 N–H and O–H groups in total. The van der Waals surface area contributed by atoms with E-state index in [1.54, 1.807) is 50.4 Å². The van der Waals surface area contributed by atoms with Crippen molar-refractivity contribution < 1.29 is 22.7 Å². The van der Waals surface area contributed by atoms with Gasteiger partial charge >= 0.3 is 0 Å². The second-order valence-electron chi connectivity index (χ2n) is 7.96. The van der Waals surface area contributed by atoms with Gasteiger partial charge in [0.25, 0.3) is 0 Å². The predicted molar refractivity (Wildman–Crippen MR) is 130 cm³/mol. The van der Waals surface area contributed by atoms with Gasteiger partial charge in [-0.3, -0.25) is 13.9 Å². The summed E-state index contributed by atoms with van der Waals surface area (Å²) in [6, 6.07) is 12.3. The molecule has 2 amide bonds. The van der Waals surface area contributed by atoms with E-state index in [0.29, 0.717) is 16.5 Å². The molecule has 0 bridgehead atoms. The molecule has 0 aliphatic heterocycles. The fraction of sp³-hybridized carbons (Fsp3) is 0.391. The van der Waals surface area contributed by atoms with Crippen molar-refractivity contribution in [2.45, 2.75) is 39.4 Å². The third-order valence-electron chi connectivity index (χ3n) is 4.90. The summed E-state index contributed by atoms with van der Waals surface area (Å²) in [5, 5.41) is 3.25. The van der Waals surface area contributed by atoms with E-state index in [2.05, 4.69) is 5.32 Å². The number of sulfonamides is 1. The molecule has 0 aromatic heterocycles. The molecule has 0 spiro atoms. The van der Waals surface area contributed by atoms with E-state index in [1.807, 2.05) is 13.8 Å². The van der Waals surface area contributed by atoms with Gasteiger partial charge in [0, 0.05) is 17.6 Å². The zero-order chi connectivity index (χ0) is 24.8. The zero-order valence-electron chi connectivity index (χ0n) is 19.4. The molecule has 2 rings (SSSR count). The number of halogens is 1. The van der Waals surface area contributed by atoms with Crippen LogP contribution in [0.1, 0.15) is 26.3 Å². The largest absolute Gasteiger partial charge is 0.497 e. The van der Waals surface area contributed by atoms with Crippen LogP contribution in [0.5, 0.6) is 5.75 Å². The first-order valence-corrected chi connectivity index (χ1v) is 12.6. The average Bonchev–Trinajstić information content (AvgIpc) is 2.75. The molecular formula is C23H30ClN3O5S. The van der Waals surface area contributed by atoms with Gasteiger partial charge < -0.3 is 15.0 Å². The quantitative estimate of drug-likeness (QED) is 0.546. The standard InChI is InChI=1S/C23H30ClN3O5S/c1-16(2)25-23(29)17(3)26(14-18-6-12-21(32-4)13-7-18)22(28)15-27(33(5,30)31)20-10-8-19(24)9-11-20/h6-13,16-17H,14-15H2,1-5H3,(H,25,29)/t17-/m1/s1. The van der Waals surface area contributed by atoms with Gasteiger partial charge in [-0.05, 0) is 62.7 Å². The van der Waals surface area contributed by atoms with Crippen molar-refractivity contribution in [2.75, 3.05) is 24.2 Å². The van der Waals surface area contributed by atoms with Crippen molar-refractivity contribution in [3.05, 3.63) is 59.1 Å². The van der Waals surface area contributed by atoms with Crippen molar-refractivity contribution in [3.8, 4) is 5.75 Å². The first-order valence-electron chi connectivity index (χ1n) is 10.4. The fourth-order valence-electron chi connectivity index (χ4n) is 3.14. The number of ether oxygens (including phenoxy) is 1. The minimum Gasteiger partial charge on any atom is -0.497 e. The van der Waals surface area contributed by atoms with Crippen LogP contribution in [0, 0.1) is 0 Å². The molecule has 0 saturated heterocycles. The number of rotatable bonds is 10. The van der Waals surface area contributed by atoms with Gasteiger partial charge in [0.1, 0.15) is 18.3 Å². The highest BCUT2D eigenvalue weighted by Crippen LogP contribution is 2.22. The van der Waals surface area contributed by atoms with Crippen molar-refractivity contribution >= 4 is 39.1 Å². The Morgan fingerprint density at radius 1 is 1.03 bits per heavy atom. The summed E-state index contributed by atoms with van der Waals surface area (Å²) in [5.41, 5.74) is 1.07. The van der Waals surface area contributed by atoms with Gasteiger partial charge in [-0.15, -0.1) is 0 Å². The van der Waals surface area contributed by atoms with Gasteiger partial charge in [0.05, 0.1) is 19.1 Å². The second-order valence-corrected chi connectivity index (χ2v) is 10.3. The Morgan fingerprint density at radius 2 is 1.61 bits per heavy atom. The molecule has 0 saturated carbocycles. The van der Waals surface area contributed by atoms with E-state index in [9.17, 15) is 18.0 Å².